The fourth-order valence-corrected chi connectivity index (χ4v) is 1.72. The molecule has 0 saturated heterocycles. The van der Waals surface area contributed by atoms with E-state index in [-0.39, 0.29) is 12.5 Å². The summed E-state index contributed by atoms with van der Waals surface area (Å²) in [6.07, 6.45) is -0.897. The van der Waals surface area contributed by atoms with E-state index < -0.39 is 12.1 Å². The number of thiophene rings is 1. The van der Waals surface area contributed by atoms with E-state index in [2.05, 4.69) is 10.1 Å². The van der Waals surface area contributed by atoms with E-state index in [1.165, 1.54) is 18.3 Å². The molecule has 0 bridgehead atoms. The molecule has 0 aliphatic heterocycles. The van der Waals surface area contributed by atoms with Crippen molar-refractivity contribution in [3.63, 3.8) is 0 Å². The number of carbonyl (C=O) groups is 1. The largest absolute Gasteiger partial charge is 0.479 e. The van der Waals surface area contributed by atoms with Crippen molar-refractivity contribution in [2.45, 2.75) is 19.6 Å². The van der Waals surface area contributed by atoms with Crippen molar-refractivity contribution >= 4 is 17.3 Å². The van der Waals surface area contributed by atoms with Gasteiger partial charge in [0.1, 0.15) is 6.61 Å². The number of ether oxygens (including phenoxy) is 1. The maximum Gasteiger partial charge on any atom is 0.332 e. The normalized spacial score (nSPS) is 12.5. The monoisotopic (exact) mass is 254 g/mol. The van der Waals surface area contributed by atoms with E-state index in [0.29, 0.717) is 5.82 Å². The first-order chi connectivity index (χ1) is 8.16. The number of aromatic nitrogens is 2. The van der Waals surface area contributed by atoms with Crippen LogP contribution >= 0.6 is 11.3 Å². The van der Waals surface area contributed by atoms with Crippen LogP contribution in [-0.2, 0) is 16.1 Å². The number of hydrogen-bond donors (Lipinski definition) is 1. The fourth-order valence-electron chi connectivity index (χ4n) is 1.09. The van der Waals surface area contributed by atoms with Crippen LogP contribution in [0.4, 0.5) is 0 Å². The molecule has 17 heavy (non-hydrogen) atoms. The highest BCUT2D eigenvalue weighted by molar-refractivity contribution is 7.08. The van der Waals surface area contributed by atoms with Gasteiger partial charge in [-0.3, -0.25) is 0 Å². The van der Waals surface area contributed by atoms with Crippen LogP contribution in [0.3, 0.4) is 0 Å². The molecule has 0 aliphatic rings. The Balaban J connectivity index is 1.97. The Morgan fingerprint density at radius 1 is 1.71 bits per heavy atom. The summed E-state index contributed by atoms with van der Waals surface area (Å²) in [7, 11) is 0. The highest BCUT2D eigenvalue weighted by Crippen LogP contribution is 2.18. The fraction of sp³-hybridized carbons (Fsp3) is 0.300. The van der Waals surface area contributed by atoms with Crippen LogP contribution < -0.4 is 0 Å². The number of carboxylic acid groups (broad SMARTS) is 1. The Labute approximate surface area is 101 Å². The number of hydrogen-bond acceptors (Lipinski definition) is 6. The SMILES string of the molecule is CC(OCc1nc(-c2ccsc2)no1)C(=O)O. The van der Waals surface area contributed by atoms with Gasteiger partial charge in [-0.1, -0.05) is 5.16 Å². The van der Waals surface area contributed by atoms with Crippen LogP contribution in [0, 0.1) is 0 Å². The Morgan fingerprint density at radius 2 is 2.53 bits per heavy atom. The average molecular weight is 254 g/mol. The van der Waals surface area contributed by atoms with Crippen molar-refractivity contribution in [3.8, 4) is 11.4 Å². The Bertz CT molecular complexity index is 494. The van der Waals surface area contributed by atoms with Crippen LogP contribution in [0.15, 0.2) is 21.3 Å². The third-order valence-electron chi connectivity index (χ3n) is 2.05. The smallest absolute Gasteiger partial charge is 0.332 e. The zero-order valence-corrected chi connectivity index (χ0v) is 9.81. The minimum Gasteiger partial charge on any atom is -0.479 e. The van der Waals surface area contributed by atoms with Gasteiger partial charge in [0.2, 0.25) is 5.82 Å². The van der Waals surface area contributed by atoms with Gasteiger partial charge < -0.3 is 14.4 Å². The minimum atomic E-state index is -1.03. The van der Waals surface area contributed by atoms with Gasteiger partial charge in [-0.05, 0) is 18.4 Å². The Kier molecular flexibility index (Phi) is 3.50. The molecule has 0 amide bonds. The first-order valence-electron chi connectivity index (χ1n) is 4.86. The average Bonchev–Trinajstić information content (AvgIpc) is 2.95. The van der Waals surface area contributed by atoms with E-state index in [0.717, 1.165) is 5.56 Å². The number of nitrogens with zero attached hydrogens (tertiary/aromatic N) is 2. The summed E-state index contributed by atoms with van der Waals surface area (Å²) in [5.74, 6) is -0.283. The van der Waals surface area contributed by atoms with Gasteiger partial charge in [0.05, 0.1) is 0 Å². The van der Waals surface area contributed by atoms with Crippen molar-refractivity contribution in [1.29, 1.82) is 0 Å². The molecule has 2 heterocycles. The lowest BCUT2D eigenvalue weighted by atomic mass is 10.3. The second-order valence-electron chi connectivity index (χ2n) is 3.32. The van der Waals surface area contributed by atoms with Crippen molar-refractivity contribution in [2.24, 2.45) is 0 Å². The van der Waals surface area contributed by atoms with Gasteiger partial charge in [0, 0.05) is 10.9 Å². The number of carboxylic acids is 1. The molecule has 0 spiro atoms. The molecule has 2 aromatic rings. The standard InChI is InChI=1S/C10H10N2O4S/c1-6(10(13)14)15-4-8-11-9(12-16-8)7-2-3-17-5-7/h2-3,5-6H,4H2,1H3,(H,13,14). The predicted molar refractivity (Wildman–Crippen MR) is 59.5 cm³/mol. The maximum absolute atomic E-state index is 10.5. The Morgan fingerprint density at radius 3 is 3.18 bits per heavy atom. The molecule has 0 aliphatic carbocycles. The lowest BCUT2D eigenvalue weighted by Gasteiger charge is -2.04. The minimum absolute atomic E-state index is 0.00932. The molecule has 1 N–H and O–H groups in total. The highest BCUT2D eigenvalue weighted by Gasteiger charge is 2.14. The summed E-state index contributed by atoms with van der Waals surface area (Å²) in [6, 6.07) is 1.88. The molecule has 0 aromatic carbocycles. The predicted octanol–water partition coefficient (Wildman–Crippen LogP) is 1.79. The zero-order chi connectivity index (χ0) is 12.3. The molecule has 0 saturated carbocycles. The number of aliphatic carboxylic acids is 1. The summed E-state index contributed by atoms with van der Waals surface area (Å²) >= 11 is 1.54. The molecular formula is C10H10N2O4S. The summed E-state index contributed by atoms with van der Waals surface area (Å²) in [6.45, 7) is 1.43. The first-order valence-corrected chi connectivity index (χ1v) is 5.80. The summed E-state index contributed by atoms with van der Waals surface area (Å²) < 4.78 is 9.97. The van der Waals surface area contributed by atoms with Gasteiger partial charge in [0.25, 0.3) is 5.89 Å². The van der Waals surface area contributed by atoms with Gasteiger partial charge in [-0.25, -0.2) is 4.79 Å². The third kappa shape index (κ3) is 2.89. The van der Waals surface area contributed by atoms with Crippen molar-refractivity contribution < 1.29 is 19.2 Å². The quantitative estimate of drug-likeness (QED) is 0.875. The molecular weight excluding hydrogens is 244 g/mol. The van der Waals surface area contributed by atoms with E-state index in [9.17, 15) is 4.79 Å². The molecule has 0 fully saturated rings. The van der Waals surface area contributed by atoms with Crippen LogP contribution in [0.5, 0.6) is 0 Å². The van der Waals surface area contributed by atoms with Crippen molar-refractivity contribution in [2.75, 3.05) is 0 Å². The van der Waals surface area contributed by atoms with Crippen LogP contribution in [-0.4, -0.2) is 27.3 Å². The summed E-state index contributed by atoms with van der Waals surface area (Å²) in [5, 5.41) is 16.2. The topological polar surface area (TPSA) is 85.5 Å². The molecule has 6 nitrogen and oxygen atoms in total. The third-order valence-corrected chi connectivity index (χ3v) is 2.74. The maximum atomic E-state index is 10.5. The van der Waals surface area contributed by atoms with Gasteiger partial charge in [0.15, 0.2) is 6.10 Å². The molecule has 7 heteroatoms. The molecule has 1 atom stereocenters. The molecule has 2 rings (SSSR count). The van der Waals surface area contributed by atoms with Crippen molar-refractivity contribution in [3.05, 3.63) is 22.7 Å². The lowest BCUT2D eigenvalue weighted by molar-refractivity contribution is -0.150. The van der Waals surface area contributed by atoms with E-state index in [1.54, 1.807) is 0 Å². The van der Waals surface area contributed by atoms with E-state index >= 15 is 0 Å². The first kappa shape index (κ1) is 11.7. The Hall–Kier alpha value is -1.73. The second kappa shape index (κ2) is 5.07. The summed E-state index contributed by atoms with van der Waals surface area (Å²) in [5.41, 5.74) is 0.872. The molecule has 0 radical (unpaired) electrons. The van der Waals surface area contributed by atoms with E-state index in [4.69, 9.17) is 14.4 Å². The molecule has 90 valence electrons. The molecule has 2 aromatic heterocycles. The second-order valence-corrected chi connectivity index (χ2v) is 4.10. The van der Waals surface area contributed by atoms with Crippen LogP contribution in [0.1, 0.15) is 12.8 Å². The number of rotatable bonds is 5. The van der Waals surface area contributed by atoms with E-state index in [1.807, 2.05) is 16.8 Å². The molecule has 1 unspecified atom stereocenters. The van der Waals surface area contributed by atoms with Crippen LogP contribution in [0.2, 0.25) is 0 Å². The lowest BCUT2D eigenvalue weighted by Crippen LogP contribution is -2.19. The highest BCUT2D eigenvalue weighted by atomic mass is 32.1. The van der Waals surface area contributed by atoms with Crippen molar-refractivity contribution in [1.82, 2.24) is 10.1 Å². The van der Waals surface area contributed by atoms with Gasteiger partial charge in [-0.15, -0.1) is 0 Å². The van der Waals surface area contributed by atoms with Crippen LogP contribution in [0.25, 0.3) is 11.4 Å². The van der Waals surface area contributed by atoms with Gasteiger partial charge in [-0.2, -0.15) is 16.3 Å². The van der Waals surface area contributed by atoms with Gasteiger partial charge >= 0.3 is 5.97 Å². The zero-order valence-electron chi connectivity index (χ0n) is 8.99. The summed E-state index contributed by atoms with van der Waals surface area (Å²) in [4.78, 5) is 14.6.